The molecule has 21 heavy (non-hydrogen) atoms. The smallest absolute Gasteiger partial charge is 0.0292 e. The van der Waals surface area contributed by atoms with Crippen LogP contribution < -0.4 is 5.73 Å². The summed E-state index contributed by atoms with van der Waals surface area (Å²) in [4.78, 5) is 0. The lowest BCUT2D eigenvalue weighted by atomic mass is 9.82. The molecule has 2 N–H and O–H groups in total. The maximum Gasteiger partial charge on any atom is 0.0292 e. The molecular weight excluding hydrogens is 254 g/mol. The van der Waals surface area contributed by atoms with E-state index in [1.54, 1.807) is 0 Å². The summed E-state index contributed by atoms with van der Waals surface area (Å²) < 4.78 is 0. The predicted molar refractivity (Wildman–Crippen MR) is 92.4 cm³/mol. The summed E-state index contributed by atoms with van der Waals surface area (Å²) >= 11 is 0. The Hall–Kier alpha value is -1.60. The normalized spacial score (nSPS) is 13.2. The van der Waals surface area contributed by atoms with Crippen LogP contribution in [0.1, 0.15) is 57.7 Å². The van der Waals surface area contributed by atoms with Gasteiger partial charge in [0.1, 0.15) is 0 Å². The molecule has 0 aliphatic heterocycles. The Bertz CT molecular complexity index is 564. The minimum atomic E-state index is 0.145. The summed E-state index contributed by atoms with van der Waals surface area (Å²) in [5, 5.41) is 0. The van der Waals surface area contributed by atoms with Gasteiger partial charge in [0.15, 0.2) is 0 Å². The lowest BCUT2D eigenvalue weighted by Gasteiger charge is -2.23. The Labute approximate surface area is 129 Å². The standard InChI is InChI=1S/C20H27N/c1-5-19(21)17-9-7-15(8-10-17)16-11-13-18(14-12-16)20(3,4)6-2/h7-14,19H,5-6,21H2,1-4H3. The monoisotopic (exact) mass is 281 g/mol. The fourth-order valence-corrected chi connectivity index (χ4v) is 2.48. The lowest BCUT2D eigenvalue weighted by Crippen LogP contribution is -2.14. The zero-order chi connectivity index (χ0) is 15.5. The molecule has 1 unspecified atom stereocenters. The molecule has 0 saturated heterocycles. The number of nitrogens with two attached hydrogens (primary N) is 1. The third kappa shape index (κ3) is 3.54. The molecule has 1 atom stereocenters. The molecule has 2 rings (SSSR count). The zero-order valence-corrected chi connectivity index (χ0v) is 13.7. The molecule has 1 heteroatoms. The van der Waals surface area contributed by atoms with E-state index in [1.807, 2.05) is 0 Å². The van der Waals surface area contributed by atoms with Crippen LogP contribution in [0.4, 0.5) is 0 Å². The van der Waals surface area contributed by atoms with E-state index in [0.717, 1.165) is 12.8 Å². The van der Waals surface area contributed by atoms with Crippen LogP contribution >= 0.6 is 0 Å². The van der Waals surface area contributed by atoms with Crippen molar-refractivity contribution < 1.29 is 0 Å². The first-order chi connectivity index (χ1) is 9.97. The van der Waals surface area contributed by atoms with Crippen molar-refractivity contribution in [2.75, 3.05) is 0 Å². The van der Waals surface area contributed by atoms with Gasteiger partial charge in [-0.05, 0) is 40.5 Å². The van der Waals surface area contributed by atoms with E-state index in [2.05, 4.69) is 76.2 Å². The molecule has 112 valence electrons. The number of rotatable bonds is 5. The van der Waals surface area contributed by atoms with Gasteiger partial charge >= 0.3 is 0 Å². The van der Waals surface area contributed by atoms with Crippen molar-refractivity contribution >= 4 is 0 Å². The minimum Gasteiger partial charge on any atom is -0.324 e. The van der Waals surface area contributed by atoms with Crippen LogP contribution in [0, 0.1) is 0 Å². The fourth-order valence-electron chi connectivity index (χ4n) is 2.48. The van der Waals surface area contributed by atoms with Gasteiger partial charge in [0.2, 0.25) is 0 Å². The Morgan fingerprint density at radius 3 is 1.76 bits per heavy atom. The van der Waals surface area contributed by atoms with E-state index in [1.165, 1.54) is 22.3 Å². The minimum absolute atomic E-state index is 0.145. The van der Waals surface area contributed by atoms with Crippen molar-refractivity contribution in [3.8, 4) is 11.1 Å². The summed E-state index contributed by atoms with van der Waals surface area (Å²) in [5.41, 5.74) is 11.4. The molecule has 0 fully saturated rings. The summed E-state index contributed by atoms with van der Waals surface area (Å²) in [6.07, 6.45) is 2.12. The van der Waals surface area contributed by atoms with Crippen LogP contribution in [0.2, 0.25) is 0 Å². The molecule has 0 aromatic heterocycles. The topological polar surface area (TPSA) is 26.0 Å². The van der Waals surface area contributed by atoms with Crippen LogP contribution in [-0.2, 0) is 5.41 Å². The highest BCUT2D eigenvalue weighted by Crippen LogP contribution is 2.29. The van der Waals surface area contributed by atoms with E-state index in [0.29, 0.717) is 0 Å². The molecule has 0 saturated carbocycles. The van der Waals surface area contributed by atoms with Crippen molar-refractivity contribution in [3.05, 3.63) is 59.7 Å². The highest BCUT2D eigenvalue weighted by Gasteiger charge is 2.17. The van der Waals surface area contributed by atoms with Gasteiger partial charge in [0.05, 0.1) is 0 Å². The molecule has 0 radical (unpaired) electrons. The van der Waals surface area contributed by atoms with Gasteiger partial charge in [-0.25, -0.2) is 0 Å². The van der Waals surface area contributed by atoms with Gasteiger partial charge in [-0.15, -0.1) is 0 Å². The second-order valence-electron chi connectivity index (χ2n) is 6.45. The van der Waals surface area contributed by atoms with Crippen molar-refractivity contribution in [1.82, 2.24) is 0 Å². The quantitative estimate of drug-likeness (QED) is 0.774. The van der Waals surface area contributed by atoms with Gasteiger partial charge in [0.25, 0.3) is 0 Å². The summed E-state index contributed by atoms with van der Waals surface area (Å²) in [6.45, 7) is 8.95. The second kappa shape index (κ2) is 6.44. The first-order valence-electron chi connectivity index (χ1n) is 7.94. The highest BCUT2D eigenvalue weighted by molar-refractivity contribution is 5.64. The van der Waals surface area contributed by atoms with Crippen LogP contribution in [0.25, 0.3) is 11.1 Å². The maximum atomic E-state index is 6.07. The summed E-state index contributed by atoms with van der Waals surface area (Å²) in [7, 11) is 0. The van der Waals surface area contributed by atoms with Crippen LogP contribution in [0.5, 0.6) is 0 Å². The van der Waals surface area contributed by atoms with Crippen LogP contribution in [-0.4, -0.2) is 0 Å². The third-order valence-electron chi connectivity index (χ3n) is 4.66. The van der Waals surface area contributed by atoms with Crippen LogP contribution in [0.3, 0.4) is 0 Å². The van der Waals surface area contributed by atoms with Crippen molar-refractivity contribution in [2.24, 2.45) is 5.73 Å². The fraction of sp³-hybridized carbons (Fsp3) is 0.400. The summed E-state index contributed by atoms with van der Waals surface area (Å²) in [6, 6.07) is 17.7. The zero-order valence-electron chi connectivity index (χ0n) is 13.7. The van der Waals surface area contributed by atoms with E-state index in [-0.39, 0.29) is 11.5 Å². The maximum absolute atomic E-state index is 6.07. The first-order valence-corrected chi connectivity index (χ1v) is 7.94. The van der Waals surface area contributed by atoms with E-state index in [4.69, 9.17) is 5.73 Å². The number of hydrogen-bond acceptors (Lipinski definition) is 1. The number of hydrogen-bond donors (Lipinski definition) is 1. The van der Waals surface area contributed by atoms with Crippen molar-refractivity contribution in [2.45, 2.75) is 52.0 Å². The molecule has 1 nitrogen and oxygen atoms in total. The molecule has 0 aliphatic carbocycles. The Balaban J connectivity index is 2.23. The average Bonchev–Trinajstić information content (AvgIpc) is 2.54. The molecule has 2 aromatic rings. The van der Waals surface area contributed by atoms with E-state index < -0.39 is 0 Å². The molecule has 0 spiro atoms. The van der Waals surface area contributed by atoms with E-state index in [9.17, 15) is 0 Å². The molecule has 0 bridgehead atoms. The molecule has 0 aliphatic rings. The van der Waals surface area contributed by atoms with Gasteiger partial charge < -0.3 is 5.73 Å². The van der Waals surface area contributed by atoms with Gasteiger partial charge in [-0.2, -0.15) is 0 Å². The predicted octanol–water partition coefficient (Wildman–Crippen LogP) is 5.45. The lowest BCUT2D eigenvalue weighted by molar-refractivity contribution is 0.506. The molecular formula is C20H27N. The first kappa shape index (κ1) is 15.8. The SMILES string of the molecule is CCC(N)c1ccc(-c2ccc(C(C)(C)CC)cc2)cc1. The molecule has 0 amide bonds. The summed E-state index contributed by atoms with van der Waals surface area (Å²) in [5.74, 6) is 0. The number of benzene rings is 2. The highest BCUT2D eigenvalue weighted by atomic mass is 14.6. The Morgan fingerprint density at radius 1 is 0.857 bits per heavy atom. The Morgan fingerprint density at radius 2 is 1.33 bits per heavy atom. The van der Waals surface area contributed by atoms with Crippen molar-refractivity contribution in [1.29, 1.82) is 0 Å². The van der Waals surface area contributed by atoms with Gasteiger partial charge in [-0.3, -0.25) is 0 Å². The van der Waals surface area contributed by atoms with Crippen LogP contribution in [0.15, 0.2) is 48.5 Å². The Kier molecular flexibility index (Phi) is 4.84. The van der Waals surface area contributed by atoms with Crippen molar-refractivity contribution in [3.63, 3.8) is 0 Å². The average molecular weight is 281 g/mol. The van der Waals surface area contributed by atoms with Gasteiger partial charge in [-0.1, -0.05) is 76.2 Å². The van der Waals surface area contributed by atoms with Gasteiger partial charge in [0, 0.05) is 6.04 Å². The second-order valence-corrected chi connectivity index (χ2v) is 6.45. The largest absolute Gasteiger partial charge is 0.324 e. The third-order valence-corrected chi connectivity index (χ3v) is 4.66. The molecule has 2 aromatic carbocycles. The molecule has 0 heterocycles. The van der Waals surface area contributed by atoms with E-state index >= 15 is 0 Å².